The molecule has 6 nitrogen and oxygen atoms in total. The van der Waals surface area contributed by atoms with Crippen LogP contribution in [0.2, 0.25) is 0 Å². The maximum atomic E-state index is 12.9. The molecule has 0 aliphatic carbocycles. The molecule has 0 saturated heterocycles. The number of halogens is 1. The van der Waals surface area contributed by atoms with E-state index in [2.05, 4.69) is 20.6 Å². The molecular weight excluding hydrogens is 335 g/mol. The molecular formula is C19H23FN4O2. The van der Waals surface area contributed by atoms with E-state index in [1.807, 2.05) is 32.9 Å². The van der Waals surface area contributed by atoms with Gasteiger partial charge in [0.05, 0.1) is 0 Å². The minimum absolute atomic E-state index is 0.293. The molecule has 0 bridgehead atoms. The standard InChI is InChI=1S/C19H23FN4O2/c1-19(2,3)26-18(25)21-11-5-4-6-14-12-22-17(23-13-14)24-16-9-7-15(20)8-10-16/h4,6-10,12-13H,5,11H2,1-3H3,(H,21,25)(H,22,23,24)/b6-4+. The number of carbonyl (C=O) groups is 1. The SMILES string of the molecule is CC(C)(C)OC(=O)NCC/C=C/c1cnc(Nc2ccc(F)cc2)nc1. The first kappa shape index (κ1) is 19.4. The van der Waals surface area contributed by atoms with Gasteiger partial charge in [-0.1, -0.05) is 12.2 Å². The Labute approximate surface area is 152 Å². The number of carbonyl (C=O) groups excluding carboxylic acids is 1. The number of hydrogen-bond acceptors (Lipinski definition) is 5. The minimum atomic E-state index is -0.499. The van der Waals surface area contributed by atoms with Gasteiger partial charge in [0, 0.05) is 30.2 Å². The number of hydrogen-bond donors (Lipinski definition) is 2. The molecule has 2 aromatic rings. The van der Waals surface area contributed by atoms with Crippen LogP contribution in [-0.2, 0) is 4.74 Å². The van der Waals surface area contributed by atoms with E-state index in [1.54, 1.807) is 24.5 Å². The van der Waals surface area contributed by atoms with E-state index in [1.165, 1.54) is 12.1 Å². The van der Waals surface area contributed by atoms with Gasteiger partial charge in [-0.3, -0.25) is 0 Å². The molecule has 0 aliphatic heterocycles. The predicted octanol–water partition coefficient (Wildman–Crippen LogP) is 4.29. The molecule has 2 rings (SSSR count). The Balaban J connectivity index is 1.75. The van der Waals surface area contributed by atoms with Crippen LogP contribution < -0.4 is 10.6 Å². The number of rotatable bonds is 6. The van der Waals surface area contributed by atoms with Gasteiger partial charge in [-0.2, -0.15) is 0 Å². The van der Waals surface area contributed by atoms with Gasteiger partial charge in [0.2, 0.25) is 5.95 Å². The molecule has 0 saturated carbocycles. The second-order valence-electron chi connectivity index (χ2n) is 6.59. The first-order valence-corrected chi connectivity index (χ1v) is 8.30. The largest absolute Gasteiger partial charge is 0.444 e. The smallest absolute Gasteiger partial charge is 0.407 e. The Morgan fingerprint density at radius 1 is 1.19 bits per heavy atom. The highest BCUT2D eigenvalue weighted by atomic mass is 19.1. The van der Waals surface area contributed by atoms with Gasteiger partial charge in [-0.25, -0.2) is 19.2 Å². The summed E-state index contributed by atoms with van der Waals surface area (Å²) in [5.41, 5.74) is 1.05. The number of aromatic nitrogens is 2. The Morgan fingerprint density at radius 3 is 2.46 bits per heavy atom. The Bertz CT molecular complexity index is 738. The third kappa shape index (κ3) is 7.29. The summed E-state index contributed by atoms with van der Waals surface area (Å²) in [4.78, 5) is 19.9. The molecule has 0 unspecified atom stereocenters. The predicted molar refractivity (Wildman–Crippen MR) is 99.6 cm³/mol. The van der Waals surface area contributed by atoms with E-state index in [9.17, 15) is 9.18 Å². The van der Waals surface area contributed by atoms with Gasteiger partial charge in [0.15, 0.2) is 0 Å². The maximum Gasteiger partial charge on any atom is 0.407 e. The lowest BCUT2D eigenvalue weighted by molar-refractivity contribution is 0.0529. The molecule has 7 heteroatoms. The molecule has 1 aromatic carbocycles. The molecule has 138 valence electrons. The van der Waals surface area contributed by atoms with Gasteiger partial charge in [0.25, 0.3) is 0 Å². The lowest BCUT2D eigenvalue weighted by Gasteiger charge is -2.19. The topological polar surface area (TPSA) is 76.1 Å². The number of benzene rings is 1. The van der Waals surface area contributed by atoms with Crippen molar-refractivity contribution < 1.29 is 13.9 Å². The fraction of sp³-hybridized carbons (Fsp3) is 0.316. The Hall–Kier alpha value is -2.96. The van der Waals surface area contributed by atoms with E-state index >= 15 is 0 Å². The van der Waals surface area contributed by atoms with Crippen molar-refractivity contribution >= 4 is 23.8 Å². The van der Waals surface area contributed by atoms with Crippen LogP contribution in [0.4, 0.5) is 20.8 Å². The summed E-state index contributed by atoms with van der Waals surface area (Å²) in [7, 11) is 0. The molecule has 1 heterocycles. The highest BCUT2D eigenvalue weighted by Crippen LogP contribution is 2.13. The molecule has 1 amide bonds. The van der Waals surface area contributed by atoms with Crippen molar-refractivity contribution in [3.8, 4) is 0 Å². The van der Waals surface area contributed by atoms with Crippen LogP contribution in [0.25, 0.3) is 6.08 Å². The normalized spacial score (nSPS) is 11.4. The summed E-state index contributed by atoms with van der Waals surface area (Å²) >= 11 is 0. The number of ether oxygens (including phenoxy) is 1. The first-order chi connectivity index (χ1) is 12.3. The molecule has 0 radical (unpaired) electrons. The fourth-order valence-electron chi connectivity index (χ4n) is 1.94. The third-order valence-corrected chi connectivity index (χ3v) is 3.06. The highest BCUT2D eigenvalue weighted by molar-refractivity contribution is 5.67. The zero-order valence-corrected chi connectivity index (χ0v) is 15.1. The van der Waals surface area contributed by atoms with E-state index in [0.717, 1.165) is 5.56 Å². The van der Waals surface area contributed by atoms with E-state index in [0.29, 0.717) is 24.6 Å². The quantitative estimate of drug-likeness (QED) is 0.754. The van der Waals surface area contributed by atoms with Gasteiger partial charge < -0.3 is 15.4 Å². The second kappa shape index (κ2) is 8.94. The summed E-state index contributed by atoms with van der Waals surface area (Å²) in [6, 6.07) is 5.96. The number of nitrogens with zero attached hydrogens (tertiary/aromatic N) is 2. The molecule has 0 aliphatic rings. The third-order valence-electron chi connectivity index (χ3n) is 3.06. The Kier molecular flexibility index (Phi) is 6.66. The van der Waals surface area contributed by atoms with Crippen molar-refractivity contribution in [3.05, 3.63) is 54.1 Å². The lowest BCUT2D eigenvalue weighted by atomic mass is 10.2. The molecule has 26 heavy (non-hydrogen) atoms. The van der Waals surface area contributed by atoms with E-state index < -0.39 is 11.7 Å². The van der Waals surface area contributed by atoms with Crippen LogP contribution in [0.15, 0.2) is 42.7 Å². The zero-order chi connectivity index (χ0) is 19.0. The molecule has 0 fully saturated rings. The second-order valence-corrected chi connectivity index (χ2v) is 6.59. The van der Waals surface area contributed by atoms with E-state index in [4.69, 9.17) is 4.74 Å². The minimum Gasteiger partial charge on any atom is -0.444 e. The molecule has 0 spiro atoms. The molecule has 1 aromatic heterocycles. The van der Waals surface area contributed by atoms with Crippen LogP contribution in [0, 0.1) is 5.82 Å². The van der Waals surface area contributed by atoms with Crippen molar-refractivity contribution in [1.82, 2.24) is 15.3 Å². The van der Waals surface area contributed by atoms with Crippen LogP contribution in [-0.4, -0.2) is 28.2 Å². The van der Waals surface area contributed by atoms with Gasteiger partial charge in [0.1, 0.15) is 11.4 Å². The van der Waals surface area contributed by atoms with Crippen LogP contribution in [0.5, 0.6) is 0 Å². The van der Waals surface area contributed by atoms with E-state index in [-0.39, 0.29) is 5.82 Å². The number of amides is 1. The summed E-state index contributed by atoms with van der Waals surface area (Å²) in [6.07, 6.45) is 7.38. The summed E-state index contributed by atoms with van der Waals surface area (Å²) in [6.45, 7) is 5.94. The number of nitrogens with one attached hydrogen (secondary N) is 2. The average Bonchev–Trinajstić information content (AvgIpc) is 2.56. The van der Waals surface area contributed by atoms with Crippen molar-refractivity contribution in [1.29, 1.82) is 0 Å². The van der Waals surface area contributed by atoms with Crippen molar-refractivity contribution in [3.63, 3.8) is 0 Å². The average molecular weight is 358 g/mol. The lowest BCUT2D eigenvalue weighted by Crippen LogP contribution is -2.32. The number of anilines is 2. The van der Waals surface area contributed by atoms with Crippen molar-refractivity contribution in [2.24, 2.45) is 0 Å². The van der Waals surface area contributed by atoms with Crippen LogP contribution in [0.1, 0.15) is 32.8 Å². The highest BCUT2D eigenvalue weighted by Gasteiger charge is 2.15. The van der Waals surface area contributed by atoms with Gasteiger partial charge in [-0.15, -0.1) is 0 Å². The zero-order valence-electron chi connectivity index (χ0n) is 15.1. The number of alkyl carbamates (subject to hydrolysis) is 1. The van der Waals surface area contributed by atoms with Gasteiger partial charge >= 0.3 is 6.09 Å². The first-order valence-electron chi connectivity index (χ1n) is 8.30. The summed E-state index contributed by atoms with van der Waals surface area (Å²) in [5, 5.41) is 5.68. The fourth-order valence-corrected chi connectivity index (χ4v) is 1.94. The molecule has 2 N–H and O–H groups in total. The van der Waals surface area contributed by atoms with Crippen LogP contribution in [0.3, 0.4) is 0 Å². The monoisotopic (exact) mass is 358 g/mol. The summed E-state index contributed by atoms with van der Waals surface area (Å²) in [5.74, 6) is 0.137. The van der Waals surface area contributed by atoms with Crippen LogP contribution >= 0.6 is 0 Å². The van der Waals surface area contributed by atoms with Crippen molar-refractivity contribution in [2.45, 2.75) is 32.8 Å². The Morgan fingerprint density at radius 2 is 1.85 bits per heavy atom. The maximum absolute atomic E-state index is 12.9. The van der Waals surface area contributed by atoms with Gasteiger partial charge in [-0.05, 0) is 51.5 Å². The molecule has 0 atom stereocenters. The summed E-state index contributed by atoms with van der Waals surface area (Å²) < 4.78 is 18.0. The van der Waals surface area contributed by atoms with Crippen molar-refractivity contribution in [2.75, 3.05) is 11.9 Å².